The Kier molecular flexibility index (Phi) is 5.79. The molecule has 0 aliphatic heterocycles. The molecule has 0 saturated heterocycles. The Hall–Kier alpha value is -3.54. The van der Waals surface area contributed by atoms with Gasteiger partial charge in [0.05, 0.1) is 7.11 Å². The zero-order valence-corrected chi connectivity index (χ0v) is 15.6. The third-order valence-electron chi connectivity index (χ3n) is 4.40. The molecule has 28 heavy (non-hydrogen) atoms. The highest BCUT2D eigenvalue weighted by Crippen LogP contribution is 2.29. The molecular formula is C22H21NO5. The number of hydrogen-bond acceptors (Lipinski definition) is 5. The van der Waals surface area contributed by atoms with E-state index in [1.807, 2.05) is 24.3 Å². The number of ether oxygens (including phenoxy) is 2. The van der Waals surface area contributed by atoms with Crippen molar-refractivity contribution >= 4 is 22.6 Å². The summed E-state index contributed by atoms with van der Waals surface area (Å²) in [5, 5.41) is 14.4. The van der Waals surface area contributed by atoms with Gasteiger partial charge in [-0.15, -0.1) is 0 Å². The zero-order valence-electron chi connectivity index (χ0n) is 15.6. The van der Waals surface area contributed by atoms with E-state index in [4.69, 9.17) is 9.47 Å². The van der Waals surface area contributed by atoms with E-state index in [0.717, 1.165) is 16.7 Å². The van der Waals surface area contributed by atoms with Crippen molar-refractivity contribution in [1.82, 2.24) is 5.32 Å². The fourth-order valence-corrected chi connectivity index (χ4v) is 2.77. The quantitative estimate of drug-likeness (QED) is 0.641. The van der Waals surface area contributed by atoms with Gasteiger partial charge in [-0.1, -0.05) is 42.5 Å². The molecule has 3 aromatic rings. The van der Waals surface area contributed by atoms with Crippen LogP contribution in [0.5, 0.6) is 11.5 Å². The number of carbonyl (C=O) groups is 2. The van der Waals surface area contributed by atoms with Gasteiger partial charge in [-0.25, -0.2) is 4.79 Å². The first kappa shape index (κ1) is 19.2. The van der Waals surface area contributed by atoms with Crippen LogP contribution < -0.4 is 10.1 Å². The number of esters is 1. The Morgan fingerprint density at radius 1 is 1.04 bits per heavy atom. The second kappa shape index (κ2) is 8.43. The summed E-state index contributed by atoms with van der Waals surface area (Å²) < 4.78 is 10.3. The van der Waals surface area contributed by atoms with Crippen LogP contribution in [0.2, 0.25) is 0 Å². The van der Waals surface area contributed by atoms with Crippen molar-refractivity contribution < 1.29 is 24.2 Å². The highest BCUT2D eigenvalue weighted by Gasteiger charge is 2.21. The van der Waals surface area contributed by atoms with Gasteiger partial charge in [-0.3, -0.25) is 4.79 Å². The van der Waals surface area contributed by atoms with Crippen LogP contribution in [-0.4, -0.2) is 30.2 Å². The highest BCUT2D eigenvalue weighted by molar-refractivity contribution is 6.01. The molecule has 3 rings (SSSR count). The van der Waals surface area contributed by atoms with Crippen molar-refractivity contribution in [2.75, 3.05) is 7.11 Å². The first-order valence-electron chi connectivity index (χ1n) is 8.82. The molecule has 3 aromatic carbocycles. The van der Waals surface area contributed by atoms with Crippen LogP contribution in [0.3, 0.4) is 0 Å². The molecule has 2 N–H and O–H groups in total. The monoisotopic (exact) mass is 379 g/mol. The van der Waals surface area contributed by atoms with Gasteiger partial charge >= 0.3 is 5.97 Å². The summed E-state index contributed by atoms with van der Waals surface area (Å²) >= 11 is 0. The minimum absolute atomic E-state index is 0.0218. The SMILES string of the molecule is COc1ccc(CNC(=O)[C@@H](C)OC(=O)c2ccc3ccccc3c2O)cc1. The van der Waals surface area contributed by atoms with Crippen molar-refractivity contribution in [2.45, 2.75) is 19.6 Å². The molecule has 0 unspecified atom stereocenters. The van der Waals surface area contributed by atoms with E-state index < -0.39 is 18.0 Å². The molecule has 0 aliphatic rings. The minimum Gasteiger partial charge on any atom is -0.506 e. The molecule has 6 heteroatoms. The number of rotatable bonds is 6. The summed E-state index contributed by atoms with van der Waals surface area (Å²) in [7, 11) is 1.58. The van der Waals surface area contributed by atoms with Crippen LogP contribution >= 0.6 is 0 Å². The van der Waals surface area contributed by atoms with Gasteiger partial charge in [-0.05, 0) is 36.1 Å². The van der Waals surface area contributed by atoms with E-state index in [2.05, 4.69) is 5.32 Å². The van der Waals surface area contributed by atoms with Crippen molar-refractivity contribution in [3.05, 3.63) is 71.8 Å². The predicted octanol–water partition coefficient (Wildman–Crippen LogP) is 3.42. The van der Waals surface area contributed by atoms with Crippen molar-refractivity contribution in [2.24, 2.45) is 0 Å². The van der Waals surface area contributed by atoms with Crippen LogP contribution in [0.15, 0.2) is 60.7 Å². The summed E-state index contributed by atoms with van der Waals surface area (Å²) in [4.78, 5) is 24.6. The number of methoxy groups -OCH3 is 1. The second-order valence-corrected chi connectivity index (χ2v) is 6.30. The average Bonchev–Trinajstić information content (AvgIpc) is 2.72. The Labute approximate surface area is 162 Å². The van der Waals surface area contributed by atoms with E-state index in [0.29, 0.717) is 11.9 Å². The highest BCUT2D eigenvalue weighted by atomic mass is 16.5. The van der Waals surface area contributed by atoms with Gasteiger partial charge in [-0.2, -0.15) is 0 Å². The lowest BCUT2D eigenvalue weighted by Crippen LogP contribution is -2.35. The van der Waals surface area contributed by atoms with Gasteiger partial charge in [0.15, 0.2) is 6.10 Å². The maximum atomic E-state index is 12.4. The average molecular weight is 379 g/mol. The Morgan fingerprint density at radius 3 is 2.46 bits per heavy atom. The lowest BCUT2D eigenvalue weighted by Gasteiger charge is -2.15. The fourth-order valence-electron chi connectivity index (χ4n) is 2.77. The van der Waals surface area contributed by atoms with Crippen molar-refractivity contribution in [3.8, 4) is 11.5 Å². The summed E-state index contributed by atoms with van der Waals surface area (Å²) in [6.45, 7) is 1.78. The Balaban J connectivity index is 1.61. The molecular weight excluding hydrogens is 358 g/mol. The van der Waals surface area contributed by atoms with Crippen molar-refractivity contribution in [1.29, 1.82) is 0 Å². The fraction of sp³-hybridized carbons (Fsp3) is 0.182. The van der Waals surface area contributed by atoms with Crippen LogP contribution in [0, 0.1) is 0 Å². The van der Waals surface area contributed by atoms with Crippen LogP contribution in [0.4, 0.5) is 0 Å². The summed E-state index contributed by atoms with van der Waals surface area (Å²) in [6.07, 6.45) is -1.00. The molecule has 0 radical (unpaired) electrons. The minimum atomic E-state index is -1.00. The van der Waals surface area contributed by atoms with Crippen LogP contribution in [-0.2, 0) is 16.1 Å². The second-order valence-electron chi connectivity index (χ2n) is 6.30. The number of aromatic hydroxyl groups is 1. The molecule has 1 atom stereocenters. The van der Waals surface area contributed by atoms with Gasteiger partial charge in [0.2, 0.25) is 0 Å². The van der Waals surface area contributed by atoms with Gasteiger partial charge in [0, 0.05) is 11.9 Å². The third kappa shape index (κ3) is 4.23. The number of fused-ring (bicyclic) bond motifs is 1. The lowest BCUT2D eigenvalue weighted by molar-refractivity contribution is -0.129. The van der Waals surface area contributed by atoms with Crippen molar-refractivity contribution in [3.63, 3.8) is 0 Å². The van der Waals surface area contributed by atoms with E-state index >= 15 is 0 Å². The number of benzene rings is 3. The van der Waals surface area contributed by atoms with E-state index in [1.165, 1.54) is 13.0 Å². The number of amides is 1. The molecule has 0 aliphatic carbocycles. The molecule has 144 valence electrons. The van der Waals surface area contributed by atoms with Gasteiger partial charge in [0.1, 0.15) is 17.1 Å². The molecule has 0 bridgehead atoms. The van der Waals surface area contributed by atoms with Crippen LogP contribution in [0.25, 0.3) is 10.8 Å². The zero-order chi connectivity index (χ0) is 20.1. The lowest BCUT2D eigenvalue weighted by atomic mass is 10.1. The summed E-state index contributed by atoms with van der Waals surface area (Å²) in [5.74, 6) is -0.610. The molecule has 0 spiro atoms. The van der Waals surface area contributed by atoms with E-state index in [-0.39, 0.29) is 11.3 Å². The molecule has 6 nitrogen and oxygen atoms in total. The summed E-state index contributed by atoms with van der Waals surface area (Å²) in [6, 6.07) is 17.6. The van der Waals surface area contributed by atoms with Gasteiger partial charge in [0.25, 0.3) is 5.91 Å². The topological polar surface area (TPSA) is 84.9 Å². The van der Waals surface area contributed by atoms with Crippen LogP contribution in [0.1, 0.15) is 22.8 Å². The molecule has 0 aromatic heterocycles. The number of phenols is 1. The Morgan fingerprint density at radius 2 is 1.75 bits per heavy atom. The maximum absolute atomic E-state index is 12.4. The van der Waals surface area contributed by atoms with E-state index in [1.54, 1.807) is 37.4 Å². The Bertz CT molecular complexity index is 997. The third-order valence-corrected chi connectivity index (χ3v) is 4.40. The number of nitrogens with one attached hydrogen (secondary N) is 1. The standard InChI is InChI=1S/C22H21NO5/c1-14(21(25)23-13-15-7-10-17(27-2)11-8-15)28-22(26)19-12-9-16-5-3-4-6-18(16)20(19)24/h3-12,14,24H,13H2,1-2H3,(H,23,25)/t14-/m1/s1. The van der Waals surface area contributed by atoms with Gasteiger partial charge < -0.3 is 19.9 Å². The van der Waals surface area contributed by atoms with E-state index in [9.17, 15) is 14.7 Å². The smallest absolute Gasteiger partial charge is 0.342 e. The molecule has 0 heterocycles. The first-order chi connectivity index (χ1) is 13.5. The summed E-state index contributed by atoms with van der Waals surface area (Å²) in [5.41, 5.74) is 0.911. The number of hydrogen-bond donors (Lipinski definition) is 2. The largest absolute Gasteiger partial charge is 0.506 e. The number of carbonyl (C=O) groups excluding carboxylic acids is 2. The first-order valence-corrected chi connectivity index (χ1v) is 8.82. The molecule has 0 saturated carbocycles. The molecule has 0 fully saturated rings. The maximum Gasteiger partial charge on any atom is 0.342 e. The predicted molar refractivity (Wildman–Crippen MR) is 105 cm³/mol. The number of phenolic OH excluding ortho intramolecular Hbond substituents is 1. The molecule has 1 amide bonds. The normalized spacial score (nSPS) is 11.6.